The fourth-order valence-electron chi connectivity index (χ4n) is 1.85. The van der Waals surface area contributed by atoms with Crippen LogP contribution in [0.5, 0.6) is 0 Å². The number of halogens is 2. The number of anilines is 1. The van der Waals surface area contributed by atoms with E-state index in [-0.39, 0.29) is 5.95 Å². The van der Waals surface area contributed by atoms with Crippen molar-refractivity contribution in [3.05, 3.63) is 57.5 Å². The summed E-state index contributed by atoms with van der Waals surface area (Å²) in [5.74, 6) is 1.33. The van der Waals surface area contributed by atoms with E-state index in [1.54, 1.807) is 0 Å². The van der Waals surface area contributed by atoms with Gasteiger partial charge in [0.25, 0.3) is 0 Å². The minimum Gasteiger partial charge on any atom is -0.368 e. The van der Waals surface area contributed by atoms with E-state index in [9.17, 15) is 0 Å². The summed E-state index contributed by atoms with van der Waals surface area (Å²) in [6, 6.07) is 15.5. The highest BCUT2D eigenvalue weighted by atomic mass is 79.9. The Labute approximate surface area is 138 Å². The molecule has 6 heteroatoms. The monoisotopic (exact) mass is 404 g/mol. The van der Waals surface area contributed by atoms with Crippen LogP contribution in [-0.4, -0.2) is 15.0 Å². The van der Waals surface area contributed by atoms with Crippen molar-refractivity contribution < 1.29 is 0 Å². The summed E-state index contributed by atoms with van der Waals surface area (Å²) in [6.07, 6.45) is 0. The predicted octanol–water partition coefficient (Wildman–Crippen LogP) is 4.31. The van der Waals surface area contributed by atoms with Gasteiger partial charge in [0.2, 0.25) is 5.95 Å². The molecule has 3 aromatic rings. The van der Waals surface area contributed by atoms with Crippen LogP contribution in [-0.2, 0) is 0 Å². The molecule has 0 aliphatic rings. The van der Waals surface area contributed by atoms with Crippen LogP contribution < -0.4 is 5.73 Å². The van der Waals surface area contributed by atoms with Gasteiger partial charge in [-0.25, -0.2) is 4.98 Å². The lowest BCUT2D eigenvalue weighted by Gasteiger charge is -2.05. The van der Waals surface area contributed by atoms with Gasteiger partial charge in [-0.3, -0.25) is 0 Å². The van der Waals surface area contributed by atoms with Crippen LogP contribution in [0.15, 0.2) is 57.5 Å². The molecule has 0 unspecified atom stereocenters. The third-order valence-electron chi connectivity index (χ3n) is 2.86. The average molecular weight is 406 g/mol. The molecule has 0 aliphatic carbocycles. The molecular weight excluding hydrogens is 396 g/mol. The van der Waals surface area contributed by atoms with E-state index in [0.717, 1.165) is 20.1 Å². The summed E-state index contributed by atoms with van der Waals surface area (Å²) in [5.41, 5.74) is 7.60. The molecule has 0 radical (unpaired) electrons. The van der Waals surface area contributed by atoms with Crippen molar-refractivity contribution in [3.8, 4) is 22.8 Å². The maximum atomic E-state index is 5.81. The third kappa shape index (κ3) is 3.28. The zero-order chi connectivity index (χ0) is 14.8. The lowest BCUT2D eigenvalue weighted by Crippen LogP contribution is -2.02. The van der Waals surface area contributed by atoms with Crippen LogP contribution in [0.2, 0.25) is 0 Å². The van der Waals surface area contributed by atoms with E-state index in [1.807, 2.05) is 48.5 Å². The summed E-state index contributed by atoms with van der Waals surface area (Å²) in [7, 11) is 0. The molecule has 0 bridgehead atoms. The molecule has 0 aliphatic heterocycles. The molecule has 104 valence electrons. The molecule has 1 heterocycles. The Bertz CT molecular complexity index is 707. The van der Waals surface area contributed by atoms with Crippen molar-refractivity contribution in [2.24, 2.45) is 0 Å². The van der Waals surface area contributed by atoms with Gasteiger partial charge in [-0.15, -0.1) is 0 Å². The van der Waals surface area contributed by atoms with E-state index in [1.165, 1.54) is 0 Å². The van der Waals surface area contributed by atoms with E-state index in [0.29, 0.717) is 11.6 Å². The minimum atomic E-state index is 0.209. The Kier molecular flexibility index (Phi) is 3.98. The second kappa shape index (κ2) is 5.91. The van der Waals surface area contributed by atoms with Crippen molar-refractivity contribution in [1.29, 1.82) is 0 Å². The number of rotatable bonds is 2. The van der Waals surface area contributed by atoms with Gasteiger partial charge in [0, 0.05) is 20.1 Å². The molecule has 2 N–H and O–H groups in total. The molecule has 1 aromatic heterocycles. The normalized spacial score (nSPS) is 10.6. The highest BCUT2D eigenvalue weighted by Gasteiger charge is 2.08. The van der Waals surface area contributed by atoms with E-state index < -0.39 is 0 Å². The van der Waals surface area contributed by atoms with Crippen LogP contribution in [0.3, 0.4) is 0 Å². The Balaban J connectivity index is 2.07. The number of hydrogen-bond acceptors (Lipinski definition) is 4. The third-order valence-corrected chi connectivity index (χ3v) is 3.91. The van der Waals surface area contributed by atoms with Crippen LogP contribution in [0.4, 0.5) is 5.95 Å². The minimum absolute atomic E-state index is 0.209. The molecule has 0 amide bonds. The van der Waals surface area contributed by atoms with Gasteiger partial charge >= 0.3 is 0 Å². The van der Waals surface area contributed by atoms with Crippen LogP contribution >= 0.6 is 31.9 Å². The molecule has 0 fully saturated rings. The van der Waals surface area contributed by atoms with E-state index in [2.05, 4.69) is 46.8 Å². The Morgan fingerprint density at radius 2 is 1.00 bits per heavy atom. The van der Waals surface area contributed by atoms with Gasteiger partial charge in [-0.2, -0.15) is 9.97 Å². The fourth-order valence-corrected chi connectivity index (χ4v) is 2.38. The van der Waals surface area contributed by atoms with Crippen molar-refractivity contribution in [3.63, 3.8) is 0 Å². The zero-order valence-electron chi connectivity index (χ0n) is 10.8. The van der Waals surface area contributed by atoms with E-state index in [4.69, 9.17) is 5.73 Å². The Morgan fingerprint density at radius 1 is 0.619 bits per heavy atom. The van der Waals surface area contributed by atoms with Crippen molar-refractivity contribution >= 4 is 37.8 Å². The molecule has 3 rings (SSSR count). The summed E-state index contributed by atoms with van der Waals surface area (Å²) in [4.78, 5) is 12.9. The summed E-state index contributed by atoms with van der Waals surface area (Å²) in [6.45, 7) is 0. The van der Waals surface area contributed by atoms with Crippen molar-refractivity contribution in [1.82, 2.24) is 15.0 Å². The number of nitrogens with zero attached hydrogens (tertiary/aromatic N) is 3. The summed E-state index contributed by atoms with van der Waals surface area (Å²) < 4.78 is 2.00. The van der Waals surface area contributed by atoms with Gasteiger partial charge < -0.3 is 5.73 Å². The van der Waals surface area contributed by atoms with Gasteiger partial charge in [0.1, 0.15) is 0 Å². The van der Waals surface area contributed by atoms with Crippen molar-refractivity contribution in [2.45, 2.75) is 0 Å². The molecule has 21 heavy (non-hydrogen) atoms. The SMILES string of the molecule is Nc1nc(-c2ccc(Br)cc2)nc(-c2ccc(Br)cc2)n1. The average Bonchev–Trinajstić information content (AvgIpc) is 2.48. The van der Waals surface area contributed by atoms with E-state index >= 15 is 0 Å². The summed E-state index contributed by atoms with van der Waals surface area (Å²) in [5, 5.41) is 0. The standard InChI is InChI=1S/C15H10Br2N4/c16-11-5-1-9(2-6-11)13-19-14(21-15(18)20-13)10-3-7-12(17)8-4-10/h1-8H,(H2,18,19,20,21). The first-order chi connectivity index (χ1) is 10.1. The first kappa shape index (κ1) is 14.2. The van der Waals surface area contributed by atoms with Gasteiger partial charge in [-0.1, -0.05) is 56.1 Å². The maximum Gasteiger partial charge on any atom is 0.224 e. The largest absolute Gasteiger partial charge is 0.368 e. The lowest BCUT2D eigenvalue weighted by molar-refractivity contribution is 1.08. The number of nitrogen functional groups attached to an aromatic ring is 1. The molecule has 0 saturated heterocycles. The van der Waals surface area contributed by atoms with Gasteiger partial charge in [0.15, 0.2) is 11.6 Å². The maximum absolute atomic E-state index is 5.81. The number of aromatic nitrogens is 3. The van der Waals surface area contributed by atoms with Gasteiger partial charge in [0.05, 0.1) is 0 Å². The lowest BCUT2D eigenvalue weighted by atomic mass is 10.2. The highest BCUT2D eigenvalue weighted by molar-refractivity contribution is 9.10. The number of benzene rings is 2. The van der Waals surface area contributed by atoms with Crippen LogP contribution in [0.25, 0.3) is 22.8 Å². The van der Waals surface area contributed by atoms with Crippen LogP contribution in [0.1, 0.15) is 0 Å². The molecule has 0 spiro atoms. The predicted molar refractivity (Wildman–Crippen MR) is 90.5 cm³/mol. The van der Waals surface area contributed by atoms with Gasteiger partial charge in [-0.05, 0) is 24.3 Å². The summed E-state index contributed by atoms with van der Waals surface area (Å²) >= 11 is 6.82. The van der Waals surface area contributed by atoms with Crippen LogP contribution in [0, 0.1) is 0 Å². The second-order valence-electron chi connectivity index (χ2n) is 4.35. The topological polar surface area (TPSA) is 64.7 Å². The van der Waals surface area contributed by atoms with Crippen molar-refractivity contribution in [2.75, 3.05) is 5.73 Å². The fraction of sp³-hybridized carbons (Fsp3) is 0. The zero-order valence-corrected chi connectivity index (χ0v) is 14.0. The molecule has 4 nitrogen and oxygen atoms in total. The first-order valence-electron chi connectivity index (χ1n) is 6.15. The second-order valence-corrected chi connectivity index (χ2v) is 6.19. The quantitative estimate of drug-likeness (QED) is 0.689. The molecule has 2 aromatic carbocycles. The first-order valence-corrected chi connectivity index (χ1v) is 7.74. The molecule has 0 atom stereocenters. The number of nitrogens with two attached hydrogens (primary N) is 1. The smallest absolute Gasteiger partial charge is 0.224 e. The Hall–Kier alpha value is -1.79. The Morgan fingerprint density at radius 3 is 1.38 bits per heavy atom. The molecular formula is C15H10Br2N4. The number of hydrogen-bond donors (Lipinski definition) is 1. The molecule has 0 saturated carbocycles. The highest BCUT2D eigenvalue weighted by Crippen LogP contribution is 2.23.